The van der Waals surface area contributed by atoms with E-state index < -0.39 is 0 Å². The first-order valence-electron chi connectivity index (χ1n) is 8.16. The van der Waals surface area contributed by atoms with E-state index in [9.17, 15) is 4.79 Å². The Kier molecular flexibility index (Phi) is 4.60. The van der Waals surface area contributed by atoms with E-state index in [1.54, 1.807) is 12.4 Å². The molecular weight excluding hydrogens is 286 g/mol. The molecule has 1 amide bonds. The van der Waals surface area contributed by atoms with Crippen LogP contribution in [-0.2, 0) is 17.8 Å². The first kappa shape index (κ1) is 15.5. The van der Waals surface area contributed by atoms with Gasteiger partial charge in [0, 0.05) is 43.8 Å². The Morgan fingerprint density at radius 1 is 1.13 bits per heavy atom. The highest BCUT2D eigenvalue weighted by Gasteiger charge is 2.23. The molecule has 1 aliphatic heterocycles. The predicted octanol–water partition coefficient (Wildman–Crippen LogP) is 2.88. The van der Waals surface area contributed by atoms with Gasteiger partial charge in [-0.05, 0) is 43.2 Å². The van der Waals surface area contributed by atoms with E-state index in [4.69, 9.17) is 0 Å². The van der Waals surface area contributed by atoms with Crippen LogP contribution in [0.2, 0.25) is 0 Å². The van der Waals surface area contributed by atoms with Gasteiger partial charge in [0.25, 0.3) is 0 Å². The van der Waals surface area contributed by atoms with Crippen LogP contribution in [0.5, 0.6) is 0 Å². The predicted molar refractivity (Wildman–Crippen MR) is 92.3 cm³/mol. The van der Waals surface area contributed by atoms with Crippen LogP contribution in [0.1, 0.15) is 25.0 Å². The zero-order valence-corrected chi connectivity index (χ0v) is 13.8. The summed E-state index contributed by atoms with van der Waals surface area (Å²) in [5.41, 5.74) is 3.49. The Labute approximate surface area is 137 Å². The van der Waals surface area contributed by atoms with Gasteiger partial charge in [0.15, 0.2) is 0 Å². The number of carbonyl (C=O) groups excluding carboxylic acids is 1. The summed E-state index contributed by atoms with van der Waals surface area (Å²) in [6, 6.07) is 12.6. The van der Waals surface area contributed by atoms with Crippen molar-refractivity contribution < 1.29 is 4.79 Å². The lowest BCUT2D eigenvalue weighted by molar-refractivity contribution is -0.130. The number of hydrogen-bond acceptors (Lipinski definition) is 3. The van der Waals surface area contributed by atoms with Gasteiger partial charge in [-0.1, -0.05) is 18.2 Å². The number of aromatic nitrogens is 1. The number of nitrogens with zero attached hydrogens (tertiary/aromatic N) is 3. The molecule has 1 aromatic carbocycles. The van der Waals surface area contributed by atoms with Gasteiger partial charge in [-0.25, -0.2) is 0 Å². The smallest absolute Gasteiger partial charge is 0.227 e. The second kappa shape index (κ2) is 6.82. The number of hydrogen-bond donors (Lipinski definition) is 0. The first-order chi connectivity index (χ1) is 11.1. The highest BCUT2D eigenvalue weighted by atomic mass is 16.2. The zero-order chi connectivity index (χ0) is 16.2. The molecule has 0 aliphatic carbocycles. The van der Waals surface area contributed by atoms with Gasteiger partial charge >= 0.3 is 0 Å². The molecule has 1 aromatic heterocycles. The number of carbonyl (C=O) groups is 1. The highest BCUT2D eigenvalue weighted by molar-refractivity contribution is 5.79. The molecular formula is C19H23N3O. The van der Waals surface area contributed by atoms with Gasteiger partial charge in [0.1, 0.15) is 0 Å². The normalized spacial score (nSPS) is 14.6. The fraction of sp³-hybridized carbons (Fsp3) is 0.368. The van der Waals surface area contributed by atoms with Crippen LogP contribution in [0.4, 0.5) is 5.69 Å². The highest BCUT2D eigenvalue weighted by Crippen LogP contribution is 2.26. The number of fused-ring (bicyclic) bond motifs is 1. The van der Waals surface area contributed by atoms with Crippen LogP contribution < -0.4 is 4.90 Å². The minimum absolute atomic E-state index is 0.177. The summed E-state index contributed by atoms with van der Waals surface area (Å²) in [6.45, 7) is 6.72. The zero-order valence-electron chi connectivity index (χ0n) is 13.8. The summed E-state index contributed by atoms with van der Waals surface area (Å²) < 4.78 is 0. The summed E-state index contributed by atoms with van der Waals surface area (Å²) >= 11 is 0. The molecule has 2 aromatic rings. The Morgan fingerprint density at radius 3 is 2.61 bits per heavy atom. The second-order valence-corrected chi connectivity index (χ2v) is 6.26. The summed E-state index contributed by atoms with van der Waals surface area (Å²) in [4.78, 5) is 21.1. The van der Waals surface area contributed by atoms with E-state index in [0.717, 1.165) is 18.7 Å². The van der Waals surface area contributed by atoms with Gasteiger partial charge in [-0.3, -0.25) is 9.78 Å². The molecule has 0 radical (unpaired) electrons. The molecule has 0 bridgehead atoms. The summed E-state index contributed by atoms with van der Waals surface area (Å²) in [7, 11) is 0. The molecule has 0 unspecified atom stereocenters. The van der Waals surface area contributed by atoms with Crippen LogP contribution in [0.25, 0.3) is 0 Å². The second-order valence-electron chi connectivity index (χ2n) is 6.26. The van der Waals surface area contributed by atoms with Crippen molar-refractivity contribution in [3.05, 3.63) is 59.9 Å². The molecule has 3 rings (SSSR count). The van der Waals surface area contributed by atoms with Crippen LogP contribution >= 0.6 is 0 Å². The van der Waals surface area contributed by atoms with Crippen molar-refractivity contribution in [2.24, 2.45) is 0 Å². The van der Waals surface area contributed by atoms with Crippen LogP contribution in [-0.4, -0.2) is 34.9 Å². The van der Waals surface area contributed by atoms with E-state index in [1.807, 2.05) is 23.1 Å². The van der Waals surface area contributed by atoms with Crippen molar-refractivity contribution in [1.29, 1.82) is 0 Å². The van der Waals surface area contributed by atoms with Crippen molar-refractivity contribution in [1.82, 2.24) is 9.88 Å². The monoisotopic (exact) mass is 309 g/mol. The van der Waals surface area contributed by atoms with Gasteiger partial charge in [-0.15, -0.1) is 0 Å². The number of anilines is 1. The number of para-hydroxylation sites is 1. The van der Waals surface area contributed by atoms with E-state index in [1.165, 1.54) is 11.3 Å². The van der Waals surface area contributed by atoms with Crippen molar-refractivity contribution in [2.45, 2.75) is 32.9 Å². The lowest BCUT2D eigenvalue weighted by atomic mass is 10.1. The van der Waals surface area contributed by atoms with Crippen molar-refractivity contribution in [3.8, 4) is 0 Å². The van der Waals surface area contributed by atoms with Crippen molar-refractivity contribution in [2.75, 3.05) is 18.0 Å². The number of benzene rings is 1. The van der Waals surface area contributed by atoms with Gasteiger partial charge < -0.3 is 9.80 Å². The van der Waals surface area contributed by atoms with E-state index in [0.29, 0.717) is 19.0 Å². The molecule has 23 heavy (non-hydrogen) atoms. The van der Waals surface area contributed by atoms with Crippen LogP contribution in [0.3, 0.4) is 0 Å². The number of amides is 1. The average Bonchev–Trinajstić information content (AvgIpc) is 2.75. The lowest BCUT2D eigenvalue weighted by Gasteiger charge is -2.28. The maximum atomic E-state index is 12.7. The van der Waals surface area contributed by atoms with Gasteiger partial charge in [-0.2, -0.15) is 0 Å². The Balaban J connectivity index is 1.80. The maximum Gasteiger partial charge on any atom is 0.227 e. The fourth-order valence-electron chi connectivity index (χ4n) is 3.09. The fourth-order valence-corrected chi connectivity index (χ4v) is 3.09. The number of rotatable bonds is 3. The molecule has 0 saturated carbocycles. The molecule has 4 nitrogen and oxygen atoms in total. The molecule has 0 spiro atoms. The molecule has 120 valence electrons. The summed E-state index contributed by atoms with van der Waals surface area (Å²) in [5, 5.41) is 0. The van der Waals surface area contributed by atoms with Crippen LogP contribution in [0, 0.1) is 0 Å². The average molecular weight is 309 g/mol. The Morgan fingerprint density at radius 2 is 1.87 bits per heavy atom. The third-order valence-corrected chi connectivity index (χ3v) is 4.35. The quantitative estimate of drug-likeness (QED) is 0.875. The third kappa shape index (κ3) is 3.52. The molecule has 0 atom stereocenters. The summed E-state index contributed by atoms with van der Waals surface area (Å²) in [5.74, 6) is 0.177. The molecule has 4 heteroatoms. The molecule has 2 heterocycles. The number of pyridine rings is 1. The first-order valence-corrected chi connectivity index (χ1v) is 8.16. The third-order valence-electron chi connectivity index (χ3n) is 4.35. The SMILES string of the molecule is CC(C)N1CCN(C(=O)Cc2ccncc2)Cc2ccccc21. The lowest BCUT2D eigenvalue weighted by Crippen LogP contribution is -2.38. The van der Waals surface area contributed by atoms with Gasteiger partial charge in [0.05, 0.1) is 6.42 Å². The topological polar surface area (TPSA) is 36.4 Å². The minimum Gasteiger partial charge on any atom is -0.367 e. The Bertz CT molecular complexity index is 669. The van der Waals surface area contributed by atoms with E-state index in [-0.39, 0.29) is 5.91 Å². The molecule has 0 fully saturated rings. The Hall–Kier alpha value is -2.36. The molecule has 1 aliphatic rings. The standard InChI is InChI=1S/C19H23N3O/c1-15(2)22-12-11-21(14-17-5-3-4-6-18(17)22)19(23)13-16-7-9-20-10-8-16/h3-10,15H,11-14H2,1-2H3. The van der Waals surface area contributed by atoms with E-state index >= 15 is 0 Å². The van der Waals surface area contributed by atoms with Crippen molar-refractivity contribution in [3.63, 3.8) is 0 Å². The largest absolute Gasteiger partial charge is 0.367 e. The molecule has 0 saturated heterocycles. The molecule has 0 N–H and O–H groups in total. The maximum absolute atomic E-state index is 12.7. The van der Waals surface area contributed by atoms with E-state index in [2.05, 4.69) is 41.9 Å². The minimum atomic E-state index is 0.177. The van der Waals surface area contributed by atoms with Crippen LogP contribution in [0.15, 0.2) is 48.8 Å². The van der Waals surface area contributed by atoms with Crippen molar-refractivity contribution >= 4 is 11.6 Å². The summed E-state index contributed by atoms with van der Waals surface area (Å²) in [6.07, 6.45) is 3.91. The van der Waals surface area contributed by atoms with Gasteiger partial charge in [0.2, 0.25) is 5.91 Å².